The lowest BCUT2D eigenvalue weighted by atomic mass is 10.2. The van der Waals surface area contributed by atoms with Gasteiger partial charge in [-0.1, -0.05) is 34.1 Å². The molecule has 1 aliphatic heterocycles. The minimum Gasteiger partial charge on any atom is -0.351 e. The molecule has 1 amide bonds. The zero-order chi connectivity index (χ0) is 18.0. The summed E-state index contributed by atoms with van der Waals surface area (Å²) in [6, 6.07) is 10.4. The second-order valence-electron chi connectivity index (χ2n) is 5.95. The Morgan fingerprint density at radius 2 is 2.08 bits per heavy atom. The van der Waals surface area contributed by atoms with Crippen LogP contribution in [0, 0.1) is 6.92 Å². The number of rotatable bonds is 5. The van der Waals surface area contributed by atoms with Crippen LogP contribution >= 0.6 is 27.3 Å². The number of carbonyl (C=O) groups is 1. The molecule has 2 heterocycles. The third-order valence-corrected chi connectivity index (χ3v) is 8.35. The summed E-state index contributed by atoms with van der Waals surface area (Å²) < 4.78 is 28.2. The van der Waals surface area contributed by atoms with Crippen molar-refractivity contribution in [3.8, 4) is 0 Å². The Morgan fingerprint density at radius 3 is 2.76 bits per heavy atom. The van der Waals surface area contributed by atoms with Gasteiger partial charge in [-0.2, -0.15) is 4.31 Å². The quantitative estimate of drug-likeness (QED) is 0.772. The average Bonchev–Trinajstić information content (AvgIpc) is 3.23. The molecular formula is C17H19BrN2O3S2. The van der Waals surface area contributed by atoms with E-state index in [2.05, 4.69) is 21.2 Å². The van der Waals surface area contributed by atoms with Crippen LogP contribution in [-0.4, -0.2) is 31.2 Å². The van der Waals surface area contributed by atoms with Crippen molar-refractivity contribution in [1.82, 2.24) is 9.62 Å². The molecule has 0 bridgehead atoms. The first-order chi connectivity index (χ1) is 11.9. The maximum Gasteiger partial charge on any atom is 0.253 e. The van der Waals surface area contributed by atoms with Gasteiger partial charge in [-0.05, 0) is 43.5 Å². The Balaban J connectivity index is 1.73. The summed E-state index contributed by atoms with van der Waals surface area (Å²) in [4.78, 5) is 13.5. The number of hydrogen-bond acceptors (Lipinski definition) is 4. The Kier molecular flexibility index (Phi) is 5.62. The highest BCUT2D eigenvalue weighted by Gasteiger charge is 2.39. The SMILES string of the molecule is Cc1ccc(S(=O)(=O)N2CCC[C@@H]2C(=O)NCc2ccccc2Br)s1. The van der Waals surface area contributed by atoms with Crippen LogP contribution in [-0.2, 0) is 21.4 Å². The van der Waals surface area contributed by atoms with Gasteiger partial charge in [-0.15, -0.1) is 11.3 Å². The topological polar surface area (TPSA) is 66.5 Å². The van der Waals surface area contributed by atoms with Crippen LogP contribution in [0.4, 0.5) is 0 Å². The van der Waals surface area contributed by atoms with Crippen LogP contribution in [0.15, 0.2) is 45.1 Å². The van der Waals surface area contributed by atoms with Crippen molar-refractivity contribution in [3.05, 3.63) is 51.3 Å². The summed E-state index contributed by atoms with van der Waals surface area (Å²) in [5.74, 6) is -0.245. The van der Waals surface area contributed by atoms with E-state index in [4.69, 9.17) is 0 Å². The molecule has 5 nitrogen and oxygen atoms in total. The molecular weight excluding hydrogens is 424 g/mol. The van der Waals surface area contributed by atoms with Crippen molar-refractivity contribution in [2.45, 2.75) is 36.6 Å². The number of aryl methyl sites for hydroxylation is 1. The van der Waals surface area contributed by atoms with Crippen molar-refractivity contribution in [2.24, 2.45) is 0 Å². The van der Waals surface area contributed by atoms with Crippen LogP contribution in [0.1, 0.15) is 23.3 Å². The Morgan fingerprint density at radius 1 is 1.32 bits per heavy atom. The Bertz CT molecular complexity index is 880. The number of benzene rings is 1. The largest absolute Gasteiger partial charge is 0.351 e. The summed E-state index contributed by atoms with van der Waals surface area (Å²) in [6.07, 6.45) is 1.24. The van der Waals surface area contributed by atoms with Gasteiger partial charge < -0.3 is 5.32 Å². The van der Waals surface area contributed by atoms with Crippen LogP contribution in [0.2, 0.25) is 0 Å². The van der Waals surface area contributed by atoms with Crippen LogP contribution < -0.4 is 5.32 Å². The summed E-state index contributed by atoms with van der Waals surface area (Å²) in [5, 5.41) is 2.87. The van der Waals surface area contributed by atoms with Crippen molar-refractivity contribution in [1.29, 1.82) is 0 Å². The van der Waals surface area contributed by atoms with Gasteiger partial charge in [-0.3, -0.25) is 4.79 Å². The van der Waals surface area contributed by atoms with E-state index >= 15 is 0 Å². The van der Waals surface area contributed by atoms with Crippen molar-refractivity contribution in [3.63, 3.8) is 0 Å². The van der Waals surface area contributed by atoms with Gasteiger partial charge in [0, 0.05) is 22.4 Å². The third kappa shape index (κ3) is 3.97. The lowest BCUT2D eigenvalue weighted by Gasteiger charge is -2.22. The zero-order valence-corrected chi connectivity index (χ0v) is 17.0. The first-order valence-corrected chi connectivity index (χ1v) is 11.0. The fourth-order valence-electron chi connectivity index (χ4n) is 2.90. The zero-order valence-electron chi connectivity index (χ0n) is 13.7. The summed E-state index contributed by atoms with van der Waals surface area (Å²) >= 11 is 4.69. The molecule has 134 valence electrons. The highest BCUT2D eigenvalue weighted by molar-refractivity contribution is 9.10. The van der Waals surface area contributed by atoms with E-state index in [-0.39, 0.29) is 5.91 Å². The van der Waals surface area contributed by atoms with Crippen LogP contribution in [0.5, 0.6) is 0 Å². The molecule has 8 heteroatoms. The number of nitrogens with one attached hydrogen (secondary N) is 1. The molecule has 0 radical (unpaired) electrons. The average molecular weight is 443 g/mol. The molecule has 1 aliphatic rings. The number of hydrogen-bond donors (Lipinski definition) is 1. The third-order valence-electron chi connectivity index (χ3n) is 4.20. The molecule has 0 saturated carbocycles. The number of halogens is 1. The van der Waals surface area contributed by atoms with E-state index in [1.54, 1.807) is 12.1 Å². The first kappa shape index (κ1) is 18.6. The monoisotopic (exact) mass is 442 g/mol. The second-order valence-corrected chi connectivity index (χ2v) is 10.2. The molecule has 1 fully saturated rings. The summed E-state index contributed by atoms with van der Waals surface area (Å²) in [5.41, 5.74) is 0.956. The van der Waals surface area contributed by atoms with Crippen molar-refractivity contribution >= 4 is 43.2 Å². The lowest BCUT2D eigenvalue weighted by molar-refractivity contribution is -0.124. The second kappa shape index (κ2) is 7.57. The minimum atomic E-state index is -3.62. The molecule has 0 aliphatic carbocycles. The molecule has 1 N–H and O–H groups in total. The molecule has 25 heavy (non-hydrogen) atoms. The first-order valence-electron chi connectivity index (χ1n) is 7.99. The molecule has 2 aromatic rings. The fourth-order valence-corrected chi connectivity index (χ4v) is 6.39. The number of carbonyl (C=O) groups excluding carboxylic acids is 1. The lowest BCUT2D eigenvalue weighted by Crippen LogP contribution is -2.45. The summed E-state index contributed by atoms with van der Waals surface area (Å²) in [7, 11) is -3.62. The molecule has 1 aromatic carbocycles. The van der Waals surface area contributed by atoms with E-state index < -0.39 is 16.1 Å². The maximum absolute atomic E-state index is 12.8. The fraction of sp³-hybridized carbons (Fsp3) is 0.353. The number of sulfonamides is 1. The smallest absolute Gasteiger partial charge is 0.253 e. The van der Waals surface area contributed by atoms with Gasteiger partial charge in [-0.25, -0.2) is 8.42 Å². The van der Waals surface area contributed by atoms with E-state index in [0.29, 0.717) is 30.1 Å². The van der Waals surface area contributed by atoms with Gasteiger partial charge in [0.25, 0.3) is 10.0 Å². The van der Waals surface area contributed by atoms with E-state index in [0.717, 1.165) is 14.9 Å². The highest BCUT2D eigenvalue weighted by Crippen LogP contribution is 2.30. The predicted octanol–water partition coefficient (Wildman–Crippen LogP) is 3.29. The van der Waals surface area contributed by atoms with Crippen LogP contribution in [0.25, 0.3) is 0 Å². The highest BCUT2D eigenvalue weighted by atomic mass is 79.9. The molecule has 1 atom stereocenters. The van der Waals surface area contributed by atoms with Gasteiger partial charge in [0.2, 0.25) is 5.91 Å². The van der Waals surface area contributed by atoms with E-state index in [1.165, 1.54) is 15.6 Å². The summed E-state index contributed by atoms with van der Waals surface area (Å²) in [6.45, 7) is 2.62. The normalized spacial score (nSPS) is 18.4. The molecule has 3 rings (SSSR count). The standard InChI is InChI=1S/C17H19BrN2O3S2/c1-12-8-9-16(24-12)25(22,23)20-10-4-7-15(20)17(21)19-11-13-5-2-3-6-14(13)18/h2-3,5-6,8-9,15H,4,7,10-11H2,1H3,(H,19,21)/t15-/m1/s1. The van der Waals surface area contributed by atoms with Gasteiger partial charge in [0.15, 0.2) is 0 Å². The van der Waals surface area contributed by atoms with Gasteiger partial charge in [0.05, 0.1) is 0 Å². The molecule has 0 unspecified atom stereocenters. The van der Waals surface area contributed by atoms with E-state index in [1.807, 2.05) is 31.2 Å². The molecule has 1 aromatic heterocycles. The van der Waals surface area contributed by atoms with Gasteiger partial charge >= 0.3 is 0 Å². The number of amides is 1. The van der Waals surface area contributed by atoms with Crippen molar-refractivity contribution in [2.75, 3.05) is 6.54 Å². The minimum absolute atomic E-state index is 0.245. The maximum atomic E-state index is 12.8. The predicted molar refractivity (Wildman–Crippen MR) is 102 cm³/mol. The van der Waals surface area contributed by atoms with Crippen LogP contribution in [0.3, 0.4) is 0 Å². The number of nitrogens with zero attached hydrogens (tertiary/aromatic N) is 1. The van der Waals surface area contributed by atoms with E-state index in [9.17, 15) is 13.2 Å². The van der Waals surface area contributed by atoms with Gasteiger partial charge in [0.1, 0.15) is 10.3 Å². The number of thiophene rings is 1. The van der Waals surface area contributed by atoms with Crippen molar-refractivity contribution < 1.29 is 13.2 Å². The Hall–Kier alpha value is -1.22. The molecule has 0 spiro atoms. The Labute approximate surface area is 160 Å². The molecule has 1 saturated heterocycles.